The third kappa shape index (κ3) is 3.44. The van der Waals surface area contributed by atoms with Crippen molar-refractivity contribution in [3.8, 4) is 5.75 Å². The van der Waals surface area contributed by atoms with Gasteiger partial charge in [-0.3, -0.25) is 4.79 Å². The number of ether oxygens (including phenoxy) is 1. The van der Waals surface area contributed by atoms with Crippen LogP contribution in [0.2, 0.25) is 5.15 Å². The van der Waals surface area contributed by atoms with Crippen LogP contribution in [0, 0.1) is 6.92 Å². The number of carbonyl (C=O) groups is 1. The van der Waals surface area contributed by atoms with E-state index >= 15 is 0 Å². The van der Waals surface area contributed by atoms with E-state index in [0.29, 0.717) is 12.1 Å². The van der Waals surface area contributed by atoms with Gasteiger partial charge in [0, 0.05) is 12.7 Å². The first-order valence-electron chi connectivity index (χ1n) is 6.34. The standard InChI is InChI=1S/C15H16ClN3O2/c1-9-7-11(21-2)4-3-10(9)8-19-15(20)12-5-6-18-14(16)13(12)17/h3-7H,8,17H2,1-2H3,(H,19,20). The van der Waals surface area contributed by atoms with Crippen LogP contribution in [0.1, 0.15) is 21.5 Å². The summed E-state index contributed by atoms with van der Waals surface area (Å²) in [5.41, 5.74) is 8.29. The predicted molar refractivity (Wildman–Crippen MR) is 82.6 cm³/mol. The van der Waals surface area contributed by atoms with Crippen LogP contribution in [0.25, 0.3) is 0 Å². The summed E-state index contributed by atoms with van der Waals surface area (Å²) < 4.78 is 5.15. The SMILES string of the molecule is COc1ccc(CNC(=O)c2ccnc(Cl)c2N)c(C)c1. The summed E-state index contributed by atoms with van der Waals surface area (Å²) in [7, 11) is 1.62. The highest BCUT2D eigenvalue weighted by Crippen LogP contribution is 2.20. The van der Waals surface area contributed by atoms with Crippen LogP contribution >= 0.6 is 11.6 Å². The van der Waals surface area contributed by atoms with Crippen LogP contribution in [0.15, 0.2) is 30.5 Å². The maximum absolute atomic E-state index is 12.1. The molecular formula is C15H16ClN3O2. The molecule has 0 saturated heterocycles. The zero-order valence-electron chi connectivity index (χ0n) is 11.8. The Morgan fingerprint density at radius 1 is 1.43 bits per heavy atom. The Hall–Kier alpha value is -2.27. The van der Waals surface area contributed by atoms with Crippen LogP contribution in [-0.4, -0.2) is 18.0 Å². The molecule has 1 aromatic heterocycles. The fourth-order valence-electron chi connectivity index (χ4n) is 1.91. The van der Waals surface area contributed by atoms with Crippen LogP contribution in [0.5, 0.6) is 5.75 Å². The molecule has 0 aliphatic rings. The van der Waals surface area contributed by atoms with E-state index in [1.54, 1.807) is 7.11 Å². The summed E-state index contributed by atoms with van der Waals surface area (Å²) in [5, 5.41) is 2.94. The van der Waals surface area contributed by atoms with Crippen molar-refractivity contribution in [2.75, 3.05) is 12.8 Å². The smallest absolute Gasteiger partial charge is 0.253 e. The first-order chi connectivity index (χ1) is 10.0. The van der Waals surface area contributed by atoms with Gasteiger partial charge in [-0.05, 0) is 36.2 Å². The second-order valence-corrected chi connectivity index (χ2v) is 4.90. The molecule has 6 heteroatoms. The molecule has 1 aromatic carbocycles. The number of hydrogen-bond acceptors (Lipinski definition) is 4. The van der Waals surface area contributed by atoms with Crippen molar-refractivity contribution in [1.29, 1.82) is 0 Å². The quantitative estimate of drug-likeness (QED) is 0.851. The number of anilines is 1. The predicted octanol–water partition coefficient (Wildman–Crippen LogP) is 2.56. The molecule has 3 N–H and O–H groups in total. The Morgan fingerprint density at radius 3 is 2.86 bits per heavy atom. The molecule has 1 amide bonds. The van der Waals surface area contributed by atoms with Gasteiger partial charge in [-0.2, -0.15) is 0 Å². The van der Waals surface area contributed by atoms with E-state index in [1.165, 1.54) is 12.3 Å². The average molecular weight is 306 g/mol. The third-order valence-electron chi connectivity index (χ3n) is 3.18. The van der Waals surface area contributed by atoms with E-state index in [0.717, 1.165) is 16.9 Å². The number of aromatic nitrogens is 1. The van der Waals surface area contributed by atoms with Crippen LogP contribution in [-0.2, 0) is 6.54 Å². The van der Waals surface area contributed by atoms with Gasteiger partial charge < -0.3 is 15.8 Å². The van der Waals surface area contributed by atoms with Crippen LogP contribution in [0.3, 0.4) is 0 Å². The number of nitrogen functional groups attached to an aromatic ring is 1. The summed E-state index contributed by atoms with van der Waals surface area (Å²) >= 11 is 5.80. The van der Waals surface area contributed by atoms with Gasteiger partial charge in [-0.15, -0.1) is 0 Å². The summed E-state index contributed by atoms with van der Waals surface area (Å²) in [5.74, 6) is 0.500. The minimum Gasteiger partial charge on any atom is -0.497 e. The number of methoxy groups -OCH3 is 1. The van der Waals surface area contributed by atoms with Crippen molar-refractivity contribution < 1.29 is 9.53 Å². The molecule has 0 unspecified atom stereocenters. The molecule has 5 nitrogen and oxygen atoms in total. The molecule has 1 heterocycles. The first kappa shape index (κ1) is 15.1. The number of rotatable bonds is 4. The molecule has 2 rings (SSSR count). The maximum Gasteiger partial charge on any atom is 0.253 e. The Balaban J connectivity index is 2.09. The van der Waals surface area contributed by atoms with Gasteiger partial charge in [-0.25, -0.2) is 4.98 Å². The molecule has 0 fully saturated rings. The zero-order valence-corrected chi connectivity index (χ0v) is 12.6. The van der Waals surface area contributed by atoms with E-state index in [1.807, 2.05) is 25.1 Å². The third-order valence-corrected chi connectivity index (χ3v) is 3.48. The number of carbonyl (C=O) groups excluding carboxylic acids is 1. The van der Waals surface area contributed by atoms with Gasteiger partial charge in [0.15, 0.2) is 5.15 Å². The lowest BCUT2D eigenvalue weighted by atomic mass is 10.1. The largest absolute Gasteiger partial charge is 0.497 e. The van der Waals surface area contributed by atoms with Gasteiger partial charge in [0.2, 0.25) is 0 Å². The first-order valence-corrected chi connectivity index (χ1v) is 6.72. The second-order valence-electron chi connectivity index (χ2n) is 4.54. The highest BCUT2D eigenvalue weighted by molar-refractivity contribution is 6.32. The van der Waals surface area contributed by atoms with Crippen LogP contribution < -0.4 is 15.8 Å². The highest BCUT2D eigenvalue weighted by Gasteiger charge is 2.12. The van der Waals surface area contributed by atoms with Crippen molar-refractivity contribution in [2.45, 2.75) is 13.5 Å². The Labute approximate surface area is 128 Å². The number of nitrogens with zero attached hydrogens (tertiary/aromatic N) is 1. The number of nitrogens with one attached hydrogen (secondary N) is 1. The minimum absolute atomic E-state index is 0.128. The molecule has 0 aliphatic carbocycles. The fourth-order valence-corrected chi connectivity index (χ4v) is 2.07. The Kier molecular flexibility index (Phi) is 4.65. The number of pyridine rings is 1. The summed E-state index contributed by atoms with van der Waals surface area (Å²) in [4.78, 5) is 15.9. The van der Waals surface area contributed by atoms with Crippen molar-refractivity contribution in [1.82, 2.24) is 10.3 Å². The van der Waals surface area contributed by atoms with Gasteiger partial charge in [-0.1, -0.05) is 17.7 Å². The van der Waals surface area contributed by atoms with E-state index in [2.05, 4.69) is 10.3 Å². The molecule has 2 aromatic rings. The van der Waals surface area contributed by atoms with Crippen molar-refractivity contribution in [2.24, 2.45) is 0 Å². The topological polar surface area (TPSA) is 77.2 Å². The second kappa shape index (κ2) is 6.45. The monoisotopic (exact) mass is 305 g/mol. The zero-order chi connectivity index (χ0) is 15.4. The molecule has 0 saturated carbocycles. The Bertz CT molecular complexity index is 674. The van der Waals surface area contributed by atoms with Gasteiger partial charge >= 0.3 is 0 Å². The molecule has 0 aliphatic heterocycles. The molecule has 110 valence electrons. The van der Waals surface area contributed by atoms with Crippen molar-refractivity contribution in [3.63, 3.8) is 0 Å². The lowest BCUT2D eigenvalue weighted by molar-refractivity contribution is 0.0951. The molecule has 0 atom stereocenters. The lowest BCUT2D eigenvalue weighted by Gasteiger charge is -2.11. The number of halogens is 1. The highest BCUT2D eigenvalue weighted by atomic mass is 35.5. The van der Waals surface area contributed by atoms with Gasteiger partial charge in [0.1, 0.15) is 5.75 Å². The van der Waals surface area contributed by atoms with Crippen LogP contribution in [0.4, 0.5) is 5.69 Å². The Morgan fingerprint density at radius 2 is 2.19 bits per heavy atom. The van der Waals surface area contributed by atoms with Gasteiger partial charge in [0.25, 0.3) is 5.91 Å². The molecule has 0 spiro atoms. The van der Waals surface area contributed by atoms with Gasteiger partial charge in [0.05, 0.1) is 18.4 Å². The lowest BCUT2D eigenvalue weighted by Crippen LogP contribution is -2.24. The molecule has 21 heavy (non-hydrogen) atoms. The van der Waals surface area contributed by atoms with Crippen molar-refractivity contribution in [3.05, 3.63) is 52.3 Å². The fraction of sp³-hybridized carbons (Fsp3) is 0.200. The molecular weight excluding hydrogens is 290 g/mol. The molecule has 0 bridgehead atoms. The average Bonchev–Trinajstić information content (AvgIpc) is 2.48. The number of aryl methyl sites for hydroxylation is 1. The number of hydrogen-bond donors (Lipinski definition) is 2. The minimum atomic E-state index is -0.285. The number of benzene rings is 1. The van der Waals surface area contributed by atoms with E-state index in [9.17, 15) is 4.79 Å². The summed E-state index contributed by atoms with van der Waals surface area (Å²) in [6.45, 7) is 2.36. The van der Waals surface area contributed by atoms with E-state index in [-0.39, 0.29) is 16.7 Å². The summed E-state index contributed by atoms with van der Waals surface area (Å²) in [6.07, 6.45) is 1.45. The number of nitrogens with two attached hydrogens (primary N) is 1. The summed E-state index contributed by atoms with van der Waals surface area (Å²) in [6, 6.07) is 7.22. The normalized spacial score (nSPS) is 10.2. The maximum atomic E-state index is 12.1. The number of amides is 1. The van der Waals surface area contributed by atoms with Crippen molar-refractivity contribution >= 4 is 23.2 Å². The van der Waals surface area contributed by atoms with E-state index in [4.69, 9.17) is 22.1 Å². The molecule has 0 radical (unpaired) electrons. The van der Waals surface area contributed by atoms with E-state index < -0.39 is 0 Å².